The van der Waals surface area contributed by atoms with Gasteiger partial charge in [0.15, 0.2) is 0 Å². The van der Waals surface area contributed by atoms with Gasteiger partial charge in [0.2, 0.25) is 0 Å². The lowest BCUT2D eigenvalue weighted by Crippen LogP contribution is -2.13. The van der Waals surface area contributed by atoms with Crippen LogP contribution in [0.5, 0.6) is 0 Å². The summed E-state index contributed by atoms with van der Waals surface area (Å²) in [5, 5.41) is 2.92. The quantitative estimate of drug-likeness (QED) is 0.719. The van der Waals surface area contributed by atoms with E-state index in [2.05, 4.69) is 21.2 Å². The third kappa shape index (κ3) is 2.97. The number of benzene rings is 2. The van der Waals surface area contributed by atoms with Gasteiger partial charge in [0.25, 0.3) is 5.91 Å². The third-order valence-corrected chi connectivity index (χ3v) is 4.17. The lowest BCUT2D eigenvalue weighted by atomic mass is 10.1. The van der Waals surface area contributed by atoms with E-state index in [0.717, 1.165) is 21.4 Å². The van der Waals surface area contributed by atoms with Gasteiger partial charge in [-0.1, -0.05) is 18.2 Å². The number of halogens is 1. The minimum Gasteiger partial charge on any atom is -0.324 e. The molecule has 0 aliphatic rings. The van der Waals surface area contributed by atoms with Gasteiger partial charge in [-0.25, -0.2) is 0 Å². The SMILES string of the molecule is Cc1ccc(C(=O)Nc2ccccc2Br)cc1-n1cccc1. The molecule has 1 amide bonds. The Morgan fingerprint density at radius 3 is 2.50 bits per heavy atom. The van der Waals surface area contributed by atoms with E-state index < -0.39 is 0 Å². The first-order valence-corrected chi connectivity index (χ1v) is 7.74. The summed E-state index contributed by atoms with van der Waals surface area (Å²) in [5.74, 6) is -0.125. The van der Waals surface area contributed by atoms with Crippen LogP contribution < -0.4 is 5.32 Å². The zero-order chi connectivity index (χ0) is 15.5. The van der Waals surface area contributed by atoms with Crippen molar-refractivity contribution in [3.63, 3.8) is 0 Å². The number of amides is 1. The van der Waals surface area contributed by atoms with E-state index >= 15 is 0 Å². The van der Waals surface area contributed by atoms with Crippen LogP contribution in [-0.4, -0.2) is 10.5 Å². The van der Waals surface area contributed by atoms with Crippen molar-refractivity contribution in [2.75, 3.05) is 5.32 Å². The molecule has 0 bridgehead atoms. The summed E-state index contributed by atoms with van der Waals surface area (Å²) < 4.78 is 2.87. The molecule has 1 aromatic heterocycles. The van der Waals surface area contributed by atoms with Crippen molar-refractivity contribution in [3.05, 3.63) is 82.6 Å². The van der Waals surface area contributed by atoms with Gasteiger partial charge in [-0.2, -0.15) is 0 Å². The maximum atomic E-state index is 12.5. The lowest BCUT2D eigenvalue weighted by molar-refractivity contribution is 0.102. The Labute approximate surface area is 137 Å². The molecule has 0 radical (unpaired) electrons. The fourth-order valence-electron chi connectivity index (χ4n) is 2.28. The Kier molecular flexibility index (Phi) is 4.11. The zero-order valence-corrected chi connectivity index (χ0v) is 13.7. The van der Waals surface area contributed by atoms with Crippen molar-refractivity contribution in [3.8, 4) is 5.69 Å². The van der Waals surface area contributed by atoms with Gasteiger partial charge in [0.1, 0.15) is 0 Å². The zero-order valence-electron chi connectivity index (χ0n) is 12.1. The summed E-state index contributed by atoms with van der Waals surface area (Å²) in [7, 11) is 0. The standard InChI is InChI=1S/C18H15BrN2O/c1-13-8-9-14(12-17(13)21-10-4-5-11-21)18(22)20-16-7-3-2-6-15(16)19/h2-12H,1H3,(H,20,22). The Bertz CT molecular complexity index is 810. The second-order valence-electron chi connectivity index (χ2n) is 5.03. The first-order valence-electron chi connectivity index (χ1n) is 6.95. The van der Waals surface area contributed by atoms with Crippen molar-refractivity contribution >= 4 is 27.5 Å². The molecule has 110 valence electrons. The molecule has 0 atom stereocenters. The summed E-state index contributed by atoms with van der Waals surface area (Å²) >= 11 is 3.44. The van der Waals surface area contributed by atoms with Gasteiger partial charge in [0.05, 0.1) is 5.69 Å². The highest BCUT2D eigenvalue weighted by atomic mass is 79.9. The summed E-state index contributed by atoms with van der Waals surface area (Å²) in [4.78, 5) is 12.5. The number of para-hydroxylation sites is 1. The van der Waals surface area contributed by atoms with Crippen molar-refractivity contribution in [1.29, 1.82) is 0 Å². The topological polar surface area (TPSA) is 34.0 Å². The Morgan fingerprint density at radius 1 is 1.05 bits per heavy atom. The molecule has 3 aromatic rings. The maximum absolute atomic E-state index is 12.5. The molecule has 0 aliphatic carbocycles. The van der Waals surface area contributed by atoms with E-state index in [4.69, 9.17) is 0 Å². The molecule has 0 fully saturated rings. The van der Waals surface area contributed by atoms with E-state index in [-0.39, 0.29) is 5.91 Å². The fraction of sp³-hybridized carbons (Fsp3) is 0.0556. The van der Waals surface area contributed by atoms with Gasteiger partial charge in [-0.3, -0.25) is 4.79 Å². The number of anilines is 1. The minimum atomic E-state index is -0.125. The molecule has 0 spiro atoms. The van der Waals surface area contributed by atoms with Crippen LogP contribution >= 0.6 is 15.9 Å². The molecule has 1 N–H and O–H groups in total. The third-order valence-electron chi connectivity index (χ3n) is 3.48. The predicted octanol–water partition coefficient (Wildman–Crippen LogP) is 4.80. The highest BCUT2D eigenvalue weighted by molar-refractivity contribution is 9.10. The fourth-order valence-corrected chi connectivity index (χ4v) is 2.66. The van der Waals surface area contributed by atoms with Gasteiger partial charge < -0.3 is 9.88 Å². The molecule has 1 heterocycles. The normalized spacial score (nSPS) is 10.5. The van der Waals surface area contributed by atoms with Gasteiger partial charge in [-0.05, 0) is 64.8 Å². The summed E-state index contributed by atoms with van der Waals surface area (Å²) in [5.41, 5.74) is 3.51. The highest BCUT2D eigenvalue weighted by Crippen LogP contribution is 2.23. The Morgan fingerprint density at radius 2 is 1.77 bits per heavy atom. The number of hydrogen-bond acceptors (Lipinski definition) is 1. The van der Waals surface area contributed by atoms with Crippen molar-refractivity contribution in [1.82, 2.24) is 4.57 Å². The Balaban J connectivity index is 1.91. The number of nitrogens with zero attached hydrogens (tertiary/aromatic N) is 1. The molecule has 0 saturated heterocycles. The van der Waals surface area contributed by atoms with Crippen molar-refractivity contribution in [2.24, 2.45) is 0 Å². The van der Waals surface area contributed by atoms with Crippen LogP contribution in [0, 0.1) is 6.92 Å². The maximum Gasteiger partial charge on any atom is 0.255 e. The first-order chi connectivity index (χ1) is 10.6. The molecule has 0 unspecified atom stereocenters. The molecular weight excluding hydrogens is 340 g/mol. The summed E-state index contributed by atoms with van der Waals surface area (Å²) in [6.45, 7) is 2.03. The largest absolute Gasteiger partial charge is 0.324 e. The van der Waals surface area contributed by atoms with Gasteiger partial charge >= 0.3 is 0 Å². The molecule has 3 rings (SSSR count). The van der Waals surface area contributed by atoms with Gasteiger partial charge in [-0.15, -0.1) is 0 Å². The number of carbonyl (C=O) groups excluding carboxylic acids is 1. The van der Waals surface area contributed by atoms with E-state index in [1.807, 2.05) is 78.5 Å². The Hall–Kier alpha value is -2.33. The number of aryl methyl sites for hydroxylation is 1. The summed E-state index contributed by atoms with van der Waals surface area (Å²) in [6, 6.07) is 17.2. The predicted molar refractivity (Wildman–Crippen MR) is 92.6 cm³/mol. The van der Waals surface area contributed by atoms with Crippen LogP contribution in [-0.2, 0) is 0 Å². The van der Waals surface area contributed by atoms with Crippen LogP contribution in [0.2, 0.25) is 0 Å². The van der Waals surface area contributed by atoms with Gasteiger partial charge in [0, 0.05) is 28.1 Å². The number of rotatable bonds is 3. The van der Waals surface area contributed by atoms with E-state index in [1.165, 1.54) is 0 Å². The molecule has 0 aliphatic heterocycles. The first kappa shape index (κ1) is 14.6. The van der Waals surface area contributed by atoms with E-state index in [0.29, 0.717) is 5.56 Å². The van der Waals surface area contributed by atoms with Crippen LogP contribution in [0.1, 0.15) is 15.9 Å². The second kappa shape index (κ2) is 6.20. The van der Waals surface area contributed by atoms with Crippen LogP contribution in [0.15, 0.2) is 71.5 Å². The monoisotopic (exact) mass is 354 g/mol. The average Bonchev–Trinajstić information content (AvgIpc) is 3.04. The highest BCUT2D eigenvalue weighted by Gasteiger charge is 2.10. The van der Waals surface area contributed by atoms with Crippen molar-refractivity contribution in [2.45, 2.75) is 6.92 Å². The molecule has 4 heteroatoms. The number of aromatic nitrogens is 1. The number of carbonyl (C=O) groups is 1. The molecule has 2 aromatic carbocycles. The molecule has 0 saturated carbocycles. The smallest absolute Gasteiger partial charge is 0.255 e. The molecule has 3 nitrogen and oxygen atoms in total. The summed E-state index contributed by atoms with van der Waals surface area (Å²) in [6.07, 6.45) is 3.94. The number of hydrogen-bond donors (Lipinski definition) is 1. The molecular formula is C18H15BrN2O. The average molecular weight is 355 g/mol. The van der Waals surface area contributed by atoms with E-state index in [1.54, 1.807) is 0 Å². The minimum absolute atomic E-state index is 0.125. The van der Waals surface area contributed by atoms with Crippen LogP contribution in [0.3, 0.4) is 0 Å². The number of nitrogens with one attached hydrogen (secondary N) is 1. The molecule has 22 heavy (non-hydrogen) atoms. The van der Waals surface area contributed by atoms with E-state index in [9.17, 15) is 4.79 Å². The van der Waals surface area contributed by atoms with Crippen molar-refractivity contribution < 1.29 is 4.79 Å². The van der Waals surface area contributed by atoms with Crippen LogP contribution in [0.4, 0.5) is 5.69 Å². The van der Waals surface area contributed by atoms with Crippen LogP contribution in [0.25, 0.3) is 5.69 Å². The lowest BCUT2D eigenvalue weighted by Gasteiger charge is -2.11. The second-order valence-corrected chi connectivity index (χ2v) is 5.88.